The molecule has 7 heteroatoms. The second-order valence-corrected chi connectivity index (χ2v) is 8.87. The first-order chi connectivity index (χ1) is 16.1. The van der Waals surface area contributed by atoms with E-state index in [-0.39, 0.29) is 5.91 Å². The Bertz CT molecular complexity index is 1040. The molecule has 33 heavy (non-hydrogen) atoms. The topological polar surface area (TPSA) is 79.4 Å². The van der Waals surface area contributed by atoms with E-state index in [1.54, 1.807) is 6.07 Å². The number of ether oxygens (including phenoxy) is 1. The van der Waals surface area contributed by atoms with Crippen LogP contribution in [0.3, 0.4) is 0 Å². The summed E-state index contributed by atoms with van der Waals surface area (Å²) in [4.78, 5) is 12.4. The van der Waals surface area contributed by atoms with Crippen molar-refractivity contribution < 1.29 is 9.53 Å². The Morgan fingerprint density at radius 2 is 1.73 bits per heavy atom. The van der Waals surface area contributed by atoms with Crippen molar-refractivity contribution >= 4 is 27.5 Å². The minimum Gasteiger partial charge on any atom is -0.494 e. The zero-order chi connectivity index (χ0) is 23.5. The van der Waals surface area contributed by atoms with Gasteiger partial charge in [0.25, 0.3) is 5.91 Å². The number of benzene rings is 2. The lowest BCUT2D eigenvalue weighted by Crippen LogP contribution is -2.19. The van der Waals surface area contributed by atoms with Crippen LogP contribution in [0.1, 0.15) is 68.4 Å². The molecule has 0 aliphatic carbocycles. The third-order valence-electron chi connectivity index (χ3n) is 5.33. The molecule has 0 unspecified atom stereocenters. The Morgan fingerprint density at radius 3 is 2.45 bits per heavy atom. The third-order valence-corrected chi connectivity index (χ3v) is 5.86. The number of carbonyl (C=O) groups excluding carboxylic acids is 1. The highest BCUT2D eigenvalue weighted by Crippen LogP contribution is 2.22. The van der Waals surface area contributed by atoms with Crippen LogP contribution in [-0.2, 0) is 0 Å². The molecule has 0 atom stereocenters. The fraction of sp³-hybridized carbons (Fsp3) is 0.346. The van der Waals surface area contributed by atoms with Gasteiger partial charge in [0.1, 0.15) is 11.4 Å². The lowest BCUT2D eigenvalue weighted by Gasteiger charge is -2.06. The average molecular weight is 511 g/mol. The predicted octanol–water partition coefficient (Wildman–Crippen LogP) is 6.73. The molecule has 174 valence electrons. The van der Waals surface area contributed by atoms with Crippen molar-refractivity contribution in [2.24, 2.45) is 5.10 Å². The molecule has 1 amide bonds. The second kappa shape index (κ2) is 12.9. The molecule has 0 bridgehead atoms. The van der Waals surface area contributed by atoms with Gasteiger partial charge in [0.15, 0.2) is 0 Å². The van der Waals surface area contributed by atoms with Crippen LogP contribution >= 0.6 is 15.9 Å². The van der Waals surface area contributed by atoms with Crippen molar-refractivity contribution in [3.05, 3.63) is 70.3 Å². The lowest BCUT2D eigenvalue weighted by molar-refractivity contribution is 0.0950. The number of halogens is 1. The van der Waals surface area contributed by atoms with Gasteiger partial charge in [0.05, 0.1) is 18.0 Å². The van der Waals surface area contributed by atoms with E-state index in [0.717, 1.165) is 34.4 Å². The average Bonchev–Trinajstić information content (AvgIpc) is 3.33. The van der Waals surface area contributed by atoms with Gasteiger partial charge < -0.3 is 4.74 Å². The van der Waals surface area contributed by atoms with Gasteiger partial charge in [-0.05, 0) is 61.4 Å². The number of nitrogens with one attached hydrogen (secondary N) is 2. The first kappa shape index (κ1) is 24.7. The molecule has 2 N–H and O–H groups in total. The van der Waals surface area contributed by atoms with Crippen molar-refractivity contribution in [1.29, 1.82) is 0 Å². The molecule has 0 aliphatic rings. The maximum atomic E-state index is 12.4. The van der Waals surface area contributed by atoms with Crippen molar-refractivity contribution in [2.45, 2.75) is 52.4 Å². The fourth-order valence-electron chi connectivity index (χ4n) is 3.33. The Labute approximate surface area is 204 Å². The van der Waals surface area contributed by atoms with Gasteiger partial charge in [-0.15, -0.1) is 0 Å². The molecule has 0 saturated heterocycles. The zero-order valence-electron chi connectivity index (χ0n) is 19.2. The zero-order valence-corrected chi connectivity index (χ0v) is 20.8. The van der Waals surface area contributed by atoms with Gasteiger partial charge in [-0.1, -0.05) is 67.1 Å². The third kappa shape index (κ3) is 7.86. The number of amides is 1. The van der Waals surface area contributed by atoms with Crippen molar-refractivity contribution in [2.75, 3.05) is 6.61 Å². The summed E-state index contributed by atoms with van der Waals surface area (Å²) in [6.45, 7) is 4.81. The number of unbranched alkanes of at least 4 members (excludes halogenated alkanes) is 5. The largest absolute Gasteiger partial charge is 0.494 e. The molecule has 0 fully saturated rings. The van der Waals surface area contributed by atoms with Crippen LogP contribution in [0.4, 0.5) is 0 Å². The standard InChI is InChI=1S/C26H31BrN4O2/c1-3-4-5-6-7-8-17-33-23-15-11-21(12-16-23)24-18-25(30-29-24)26(32)31-28-19(2)20-9-13-22(27)14-10-20/h9-16,18H,3-8,17H2,1-2H3,(H,29,30)(H,31,32)/b28-19+. The summed E-state index contributed by atoms with van der Waals surface area (Å²) >= 11 is 3.41. The molecule has 6 nitrogen and oxygen atoms in total. The normalized spacial score (nSPS) is 11.4. The SMILES string of the molecule is CCCCCCCCOc1ccc(-c2cc(C(=O)N/N=C(\C)c3ccc(Br)cc3)[nH]n2)cc1. The highest BCUT2D eigenvalue weighted by atomic mass is 79.9. The van der Waals surface area contributed by atoms with Crippen LogP contribution in [0, 0.1) is 0 Å². The molecule has 0 radical (unpaired) electrons. The minimum atomic E-state index is -0.343. The molecule has 1 aromatic heterocycles. The van der Waals surface area contributed by atoms with Crippen molar-refractivity contribution in [3.63, 3.8) is 0 Å². The number of H-pyrrole nitrogens is 1. The Kier molecular flexibility index (Phi) is 9.69. The number of hydrogen-bond acceptors (Lipinski definition) is 4. The molecule has 3 rings (SSSR count). The number of rotatable bonds is 12. The Hall–Kier alpha value is -2.93. The van der Waals surface area contributed by atoms with E-state index in [1.807, 2.05) is 55.5 Å². The quantitative estimate of drug-likeness (QED) is 0.161. The number of aromatic nitrogens is 2. The number of carbonyl (C=O) groups is 1. The van der Waals surface area contributed by atoms with Crippen LogP contribution in [0.2, 0.25) is 0 Å². The highest BCUT2D eigenvalue weighted by Gasteiger charge is 2.11. The smallest absolute Gasteiger partial charge is 0.289 e. The van der Waals surface area contributed by atoms with Crippen LogP contribution < -0.4 is 10.2 Å². The molecule has 0 aliphatic heterocycles. The summed E-state index contributed by atoms with van der Waals surface area (Å²) in [7, 11) is 0. The molecule has 1 heterocycles. The van der Waals surface area contributed by atoms with Gasteiger partial charge in [-0.3, -0.25) is 9.89 Å². The number of nitrogens with zero attached hydrogens (tertiary/aromatic N) is 2. The number of hydrazone groups is 1. The van der Waals surface area contributed by atoms with Crippen LogP contribution in [0.25, 0.3) is 11.3 Å². The van der Waals surface area contributed by atoms with Gasteiger partial charge in [-0.2, -0.15) is 10.2 Å². The molecule has 2 aromatic carbocycles. The fourth-order valence-corrected chi connectivity index (χ4v) is 3.60. The first-order valence-electron chi connectivity index (χ1n) is 11.5. The molecular formula is C26H31BrN4O2. The summed E-state index contributed by atoms with van der Waals surface area (Å²) < 4.78 is 6.83. The molecule has 0 spiro atoms. The summed E-state index contributed by atoms with van der Waals surface area (Å²) in [6.07, 6.45) is 7.46. The maximum Gasteiger partial charge on any atom is 0.289 e. The molecule has 0 saturated carbocycles. The summed E-state index contributed by atoms with van der Waals surface area (Å²) in [6, 6.07) is 17.2. The van der Waals surface area contributed by atoms with E-state index in [9.17, 15) is 4.79 Å². The molecule has 3 aromatic rings. The van der Waals surface area contributed by atoms with Gasteiger partial charge >= 0.3 is 0 Å². The van der Waals surface area contributed by atoms with E-state index < -0.39 is 0 Å². The molecular weight excluding hydrogens is 480 g/mol. The van der Waals surface area contributed by atoms with Crippen molar-refractivity contribution in [3.8, 4) is 17.0 Å². The first-order valence-corrected chi connectivity index (χ1v) is 12.3. The van der Waals surface area contributed by atoms with Gasteiger partial charge in [0.2, 0.25) is 0 Å². The Morgan fingerprint density at radius 1 is 1.03 bits per heavy atom. The Balaban J connectivity index is 1.49. The number of hydrogen-bond donors (Lipinski definition) is 2. The highest BCUT2D eigenvalue weighted by molar-refractivity contribution is 9.10. The lowest BCUT2D eigenvalue weighted by atomic mass is 10.1. The summed E-state index contributed by atoms with van der Waals surface area (Å²) in [5.74, 6) is 0.502. The second-order valence-electron chi connectivity index (χ2n) is 7.95. The van der Waals surface area contributed by atoms with Crippen LogP contribution in [0.15, 0.2) is 64.2 Å². The predicted molar refractivity (Wildman–Crippen MR) is 137 cm³/mol. The monoisotopic (exact) mass is 510 g/mol. The maximum absolute atomic E-state index is 12.4. The van der Waals surface area contributed by atoms with E-state index in [0.29, 0.717) is 17.1 Å². The van der Waals surface area contributed by atoms with Gasteiger partial charge in [-0.25, -0.2) is 5.43 Å². The minimum absolute atomic E-state index is 0.343. The van der Waals surface area contributed by atoms with E-state index in [4.69, 9.17) is 4.74 Å². The van der Waals surface area contributed by atoms with E-state index >= 15 is 0 Å². The van der Waals surface area contributed by atoms with E-state index in [2.05, 4.69) is 43.6 Å². The summed E-state index contributed by atoms with van der Waals surface area (Å²) in [5, 5.41) is 11.2. The van der Waals surface area contributed by atoms with Gasteiger partial charge in [0, 0.05) is 10.0 Å². The van der Waals surface area contributed by atoms with Crippen molar-refractivity contribution in [1.82, 2.24) is 15.6 Å². The van der Waals surface area contributed by atoms with Crippen LogP contribution in [-0.4, -0.2) is 28.4 Å². The van der Waals surface area contributed by atoms with Crippen LogP contribution in [0.5, 0.6) is 5.75 Å². The summed E-state index contributed by atoms with van der Waals surface area (Å²) in [5.41, 5.74) is 6.17. The van der Waals surface area contributed by atoms with E-state index in [1.165, 1.54) is 32.1 Å². The number of aromatic amines is 1.